The first-order chi connectivity index (χ1) is 20.8. The van der Waals surface area contributed by atoms with E-state index in [0.717, 1.165) is 34.3 Å². The minimum atomic E-state index is -0.929. The van der Waals surface area contributed by atoms with Crippen molar-refractivity contribution in [3.05, 3.63) is 53.6 Å². The predicted octanol–water partition coefficient (Wildman–Crippen LogP) is 1.67. The number of benzene rings is 2. The summed E-state index contributed by atoms with van der Waals surface area (Å²) in [6, 6.07) is 13.6. The molecule has 0 bridgehead atoms. The van der Waals surface area contributed by atoms with Crippen molar-refractivity contribution in [1.29, 1.82) is 5.26 Å². The molecule has 0 saturated carbocycles. The summed E-state index contributed by atoms with van der Waals surface area (Å²) in [5.74, 6) is 0.0604. The number of hydrogen-bond acceptors (Lipinski definition) is 8. The van der Waals surface area contributed by atoms with Crippen molar-refractivity contribution in [2.45, 2.75) is 63.2 Å². The summed E-state index contributed by atoms with van der Waals surface area (Å²) >= 11 is 0. The number of carbonyl (C=O) groups excluding carboxylic acids is 3. The van der Waals surface area contributed by atoms with Crippen molar-refractivity contribution in [3.63, 3.8) is 0 Å². The number of methoxy groups -OCH3 is 1. The molecule has 1 unspecified atom stereocenters. The number of amides is 3. The first kappa shape index (κ1) is 30.0. The first-order valence-electron chi connectivity index (χ1n) is 14.7. The van der Waals surface area contributed by atoms with Gasteiger partial charge in [-0.3, -0.25) is 14.4 Å². The molecule has 2 aliphatic heterocycles. The minimum absolute atomic E-state index is 0.0545. The number of aryl methyl sites for hydroxylation is 1. The van der Waals surface area contributed by atoms with Crippen LogP contribution in [0, 0.1) is 17.2 Å². The van der Waals surface area contributed by atoms with Crippen LogP contribution >= 0.6 is 0 Å². The van der Waals surface area contributed by atoms with Crippen LogP contribution in [0.1, 0.15) is 43.2 Å². The molecule has 43 heavy (non-hydrogen) atoms. The number of rotatable bonds is 10. The third-order valence-electron chi connectivity index (χ3n) is 8.51. The summed E-state index contributed by atoms with van der Waals surface area (Å²) in [6.07, 6.45) is 2.88. The highest BCUT2D eigenvalue weighted by Gasteiger charge is 2.41. The summed E-state index contributed by atoms with van der Waals surface area (Å²) in [4.78, 5) is 43.1. The van der Waals surface area contributed by atoms with E-state index < -0.39 is 18.1 Å². The predicted molar refractivity (Wildman–Crippen MR) is 158 cm³/mol. The van der Waals surface area contributed by atoms with Gasteiger partial charge in [-0.1, -0.05) is 23.4 Å². The van der Waals surface area contributed by atoms with Crippen molar-refractivity contribution in [1.82, 2.24) is 30.1 Å². The van der Waals surface area contributed by atoms with Crippen LogP contribution in [-0.4, -0.2) is 80.8 Å². The Hall–Kier alpha value is -4.50. The zero-order chi connectivity index (χ0) is 30.5. The quantitative estimate of drug-likeness (QED) is 0.363. The van der Waals surface area contributed by atoms with Crippen molar-refractivity contribution >= 4 is 28.8 Å². The molecule has 3 aromatic rings. The van der Waals surface area contributed by atoms with E-state index in [2.05, 4.69) is 21.7 Å². The SMILES string of the molecule is COc1ccc(C[C@@H]2C[C@@H](C(=O)NCc3ccc4c(c3)nnn4C)N(C(=O)[C@H](N)CCC(=O)N3CCCC3C#N)C2)cc1. The van der Waals surface area contributed by atoms with Gasteiger partial charge in [-0.15, -0.1) is 5.10 Å². The third kappa shape index (κ3) is 6.78. The number of nitrogens with zero attached hydrogens (tertiary/aromatic N) is 6. The van der Waals surface area contributed by atoms with E-state index in [1.165, 1.54) is 0 Å². The van der Waals surface area contributed by atoms with Gasteiger partial charge in [0.15, 0.2) is 0 Å². The van der Waals surface area contributed by atoms with Crippen LogP contribution in [0.25, 0.3) is 11.0 Å². The Kier molecular flexibility index (Phi) is 9.21. The van der Waals surface area contributed by atoms with Gasteiger partial charge in [0.25, 0.3) is 0 Å². The van der Waals surface area contributed by atoms with Gasteiger partial charge >= 0.3 is 0 Å². The number of fused-ring (bicyclic) bond motifs is 1. The highest BCUT2D eigenvalue weighted by atomic mass is 16.5. The van der Waals surface area contributed by atoms with E-state index >= 15 is 0 Å². The summed E-state index contributed by atoms with van der Waals surface area (Å²) in [5, 5.41) is 20.5. The van der Waals surface area contributed by atoms with Crippen molar-refractivity contribution in [2.75, 3.05) is 20.2 Å². The fourth-order valence-electron chi connectivity index (χ4n) is 6.12. The Balaban J connectivity index is 1.25. The molecule has 2 saturated heterocycles. The van der Waals surface area contributed by atoms with Gasteiger partial charge in [0, 0.05) is 33.1 Å². The molecule has 2 aliphatic rings. The molecule has 1 aromatic heterocycles. The van der Waals surface area contributed by atoms with Crippen molar-refractivity contribution in [2.24, 2.45) is 18.7 Å². The van der Waals surface area contributed by atoms with Gasteiger partial charge < -0.3 is 25.6 Å². The minimum Gasteiger partial charge on any atom is -0.497 e. The number of nitrogens with one attached hydrogen (secondary N) is 1. The smallest absolute Gasteiger partial charge is 0.243 e. The second-order valence-electron chi connectivity index (χ2n) is 11.4. The standard InChI is InChI=1S/C31H38N8O4/c1-37-27-11-7-21(15-26(27)35-36-37)18-34-30(41)28-16-22(14-20-5-8-24(43-2)9-6-20)19-39(28)31(42)25(33)10-12-29(40)38-13-3-4-23(38)17-32/h5-9,11,15,22-23,25,28H,3-4,10,12-14,16,18-19,33H2,1-2H3,(H,34,41)/t22-,23?,25-,28+/m1/s1. The Morgan fingerprint density at radius 3 is 2.67 bits per heavy atom. The largest absolute Gasteiger partial charge is 0.497 e. The second-order valence-corrected chi connectivity index (χ2v) is 11.4. The molecule has 2 fully saturated rings. The lowest BCUT2D eigenvalue weighted by Gasteiger charge is -2.27. The van der Waals surface area contributed by atoms with Gasteiger partial charge in [0.05, 0.1) is 24.7 Å². The Morgan fingerprint density at radius 1 is 1.16 bits per heavy atom. The van der Waals surface area contributed by atoms with Crippen molar-refractivity contribution in [3.8, 4) is 11.8 Å². The molecule has 0 spiro atoms. The summed E-state index contributed by atoms with van der Waals surface area (Å²) in [6.45, 7) is 1.22. The van der Waals surface area contributed by atoms with Gasteiger partial charge in [-0.25, -0.2) is 4.68 Å². The Morgan fingerprint density at radius 2 is 1.93 bits per heavy atom. The fraction of sp³-hybridized carbons (Fsp3) is 0.484. The summed E-state index contributed by atoms with van der Waals surface area (Å²) in [5.41, 5.74) is 9.93. The van der Waals surface area contributed by atoms with Gasteiger partial charge in [-0.05, 0) is 73.4 Å². The van der Waals surface area contributed by atoms with E-state index in [1.54, 1.807) is 21.6 Å². The molecule has 3 amide bonds. The van der Waals surface area contributed by atoms with Crippen LogP contribution < -0.4 is 15.8 Å². The maximum absolute atomic E-state index is 13.6. The third-order valence-corrected chi connectivity index (χ3v) is 8.51. The lowest BCUT2D eigenvalue weighted by molar-refractivity contribution is -0.140. The molecule has 5 rings (SSSR count). The lowest BCUT2D eigenvalue weighted by atomic mass is 9.96. The maximum atomic E-state index is 13.6. The molecule has 3 heterocycles. The van der Waals surface area contributed by atoms with Crippen molar-refractivity contribution < 1.29 is 19.1 Å². The van der Waals surface area contributed by atoms with E-state index in [-0.39, 0.29) is 43.0 Å². The number of ether oxygens (including phenoxy) is 1. The van der Waals surface area contributed by atoms with Crippen LogP contribution in [0.3, 0.4) is 0 Å². The zero-order valence-corrected chi connectivity index (χ0v) is 24.6. The fourth-order valence-corrected chi connectivity index (χ4v) is 6.12. The summed E-state index contributed by atoms with van der Waals surface area (Å²) in [7, 11) is 3.44. The van der Waals surface area contributed by atoms with E-state index in [0.29, 0.717) is 32.4 Å². The molecular formula is C31H38N8O4. The number of carbonyl (C=O) groups is 3. The number of aromatic nitrogens is 3. The topological polar surface area (TPSA) is 159 Å². The van der Waals surface area contributed by atoms with E-state index in [9.17, 15) is 19.6 Å². The Bertz CT molecular complexity index is 1510. The highest BCUT2D eigenvalue weighted by Crippen LogP contribution is 2.29. The highest BCUT2D eigenvalue weighted by molar-refractivity contribution is 5.91. The summed E-state index contributed by atoms with van der Waals surface area (Å²) < 4.78 is 6.95. The second kappa shape index (κ2) is 13.2. The average molecular weight is 587 g/mol. The number of likely N-dealkylation sites (tertiary alicyclic amines) is 2. The average Bonchev–Trinajstić information content (AvgIpc) is 3.77. The molecule has 4 atom stereocenters. The molecule has 12 nitrogen and oxygen atoms in total. The zero-order valence-electron chi connectivity index (χ0n) is 24.6. The Labute approximate surface area is 250 Å². The normalized spacial score (nSPS) is 20.7. The van der Waals surface area contributed by atoms with Gasteiger partial charge in [0.2, 0.25) is 17.7 Å². The van der Waals surface area contributed by atoms with Crippen LogP contribution in [0.2, 0.25) is 0 Å². The molecule has 226 valence electrons. The van der Waals surface area contributed by atoms with E-state index in [4.69, 9.17) is 10.5 Å². The first-order valence-corrected chi connectivity index (χ1v) is 14.7. The molecular weight excluding hydrogens is 548 g/mol. The molecule has 2 aromatic carbocycles. The number of nitrogens with two attached hydrogens (primary N) is 1. The van der Waals surface area contributed by atoms with Crippen LogP contribution in [-0.2, 0) is 34.4 Å². The van der Waals surface area contributed by atoms with Crippen LogP contribution in [0.15, 0.2) is 42.5 Å². The molecule has 12 heteroatoms. The lowest BCUT2D eigenvalue weighted by Crippen LogP contribution is -2.51. The molecule has 0 aliphatic carbocycles. The van der Waals surface area contributed by atoms with Gasteiger partial charge in [-0.2, -0.15) is 5.26 Å². The molecule has 0 radical (unpaired) electrons. The maximum Gasteiger partial charge on any atom is 0.243 e. The monoisotopic (exact) mass is 586 g/mol. The molecule has 3 N–H and O–H groups in total. The van der Waals surface area contributed by atoms with Crippen LogP contribution in [0.5, 0.6) is 5.75 Å². The number of nitriles is 1. The van der Waals surface area contributed by atoms with E-state index in [1.807, 2.05) is 49.5 Å². The van der Waals surface area contributed by atoms with Crippen LogP contribution in [0.4, 0.5) is 0 Å². The van der Waals surface area contributed by atoms with Gasteiger partial charge in [0.1, 0.15) is 23.3 Å². The number of hydrogen-bond donors (Lipinski definition) is 2.